The summed E-state index contributed by atoms with van der Waals surface area (Å²) in [6.45, 7) is 5.94. The van der Waals surface area contributed by atoms with Gasteiger partial charge in [0.1, 0.15) is 0 Å². The average Bonchev–Trinajstić information content (AvgIpc) is 2.36. The summed E-state index contributed by atoms with van der Waals surface area (Å²) in [7, 11) is 0. The van der Waals surface area contributed by atoms with Crippen molar-refractivity contribution in [1.82, 2.24) is 4.98 Å². The molecule has 0 saturated carbocycles. The van der Waals surface area contributed by atoms with E-state index in [9.17, 15) is 0 Å². The molecule has 5 heteroatoms. The van der Waals surface area contributed by atoms with Gasteiger partial charge in [-0.1, -0.05) is 24.4 Å². The Morgan fingerprint density at radius 1 is 1.20 bits per heavy atom. The number of pyridine rings is 1. The Hall–Kier alpha value is -1.78. The molecule has 1 fully saturated rings. The van der Waals surface area contributed by atoms with Gasteiger partial charge in [0.05, 0.1) is 16.9 Å². The van der Waals surface area contributed by atoms with Crippen molar-refractivity contribution >= 4 is 11.5 Å². The summed E-state index contributed by atoms with van der Waals surface area (Å²) in [6, 6.07) is 2.04. The fourth-order valence-electron chi connectivity index (χ4n) is 2.91. The van der Waals surface area contributed by atoms with Crippen LogP contribution in [-0.4, -0.2) is 29.1 Å². The number of hydrogen-bond acceptors (Lipinski definition) is 4. The van der Waals surface area contributed by atoms with Crippen LogP contribution in [0.2, 0.25) is 0 Å². The SMILES string of the molecule is Cc1cc(N2CCCCCCC2)c(/C(N)=N/O)c(C)n1. The van der Waals surface area contributed by atoms with Gasteiger partial charge in [-0.2, -0.15) is 0 Å². The third kappa shape index (κ3) is 3.21. The van der Waals surface area contributed by atoms with Gasteiger partial charge in [0.2, 0.25) is 0 Å². The van der Waals surface area contributed by atoms with Gasteiger partial charge in [-0.05, 0) is 32.8 Å². The first-order valence-electron chi connectivity index (χ1n) is 7.34. The Kier molecular flexibility index (Phi) is 4.82. The first-order valence-corrected chi connectivity index (χ1v) is 7.34. The lowest BCUT2D eigenvalue weighted by atomic mass is 10.0. The predicted octanol–water partition coefficient (Wildman–Crippen LogP) is 2.56. The first kappa shape index (κ1) is 14.6. The van der Waals surface area contributed by atoms with Crippen LogP contribution in [0.3, 0.4) is 0 Å². The van der Waals surface area contributed by atoms with Gasteiger partial charge in [-0.3, -0.25) is 4.98 Å². The molecular formula is C15H24N4O. The van der Waals surface area contributed by atoms with Crippen molar-refractivity contribution in [2.45, 2.75) is 46.0 Å². The maximum absolute atomic E-state index is 9.02. The molecule has 2 rings (SSSR count). The molecule has 20 heavy (non-hydrogen) atoms. The third-order valence-corrected chi connectivity index (χ3v) is 3.87. The van der Waals surface area contributed by atoms with Gasteiger partial charge in [-0.25, -0.2) is 0 Å². The molecule has 2 heterocycles. The van der Waals surface area contributed by atoms with E-state index in [0.717, 1.165) is 35.7 Å². The highest BCUT2D eigenvalue weighted by molar-refractivity contribution is 6.03. The Bertz CT molecular complexity index is 491. The molecule has 1 aromatic heterocycles. The molecule has 0 aliphatic carbocycles. The lowest BCUT2D eigenvalue weighted by Gasteiger charge is -2.29. The van der Waals surface area contributed by atoms with Gasteiger partial charge in [0, 0.05) is 18.8 Å². The van der Waals surface area contributed by atoms with Gasteiger partial charge in [-0.15, -0.1) is 0 Å². The van der Waals surface area contributed by atoms with Gasteiger partial charge < -0.3 is 15.8 Å². The molecule has 0 bridgehead atoms. The second-order valence-electron chi connectivity index (χ2n) is 5.48. The standard InChI is InChI=1S/C15H24N4O/c1-11-10-13(14(12(2)17-11)15(16)18-20)19-8-6-4-3-5-7-9-19/h10,20H,3-9H2,1-2H3,(H2,16,18). The van der Waals surface area contributed by atoms with Crippen molar-refractivity contribution in [2.24, 2.45) is 10.9 Å². The predicted molar refractivity (Wildman–Crippen MR) is 81.5 cm³/mol. The van der Waals surface area contributed by atoms with Crippen molar-refractivity contribution < 1.29 is 5.21 Å². The molecule has 5 nitrogen and oxygen atoms in total. The number of aromatic nitrogens is 1. The van der Waals surface area contributed by atoms with E-state index in [4.69, 9.17) is 10.9 Å². The van der Waals surface area contributed by atoms with Crippen LogP contribution in [0, 0.1) is 13.8 Å². The number of nitrogens with two attached hydrogens (primary N) is 1. The third-order valence-electron chi connectivity index (χ3n) is 3.87. The topological polar surface area (TPSA) is 74.7 Å². The minimum Gasteiger partial charge on any atom is -0.409 e. The van der Waals surface area contributed by atoms with Crippen molar-refractivity contribution in [2.75, 3.05) is 18.0 Å². The van der Waals surface area contributed by atoms with E-state index in [1.807, 2.05) is 19.9 Å². The zero-order valence-corrected chi connectivity index (χ0v) is 12.4. The van der Waals surface area contributed by atoms with Crippen molar-refractivity contribution in [3.63, 3.8) is 0 Å². The molecule has 0 radical (unpaired) electrons. The van der Waals surface area contributed by atoms with E-state index in [2.05, 4.69) is 15.0 Å². The van der Waals surface area contributed by atoms with Gasteiger partial charge >= 0.3 is 0 Å². The summed E-state index contributed by atoms with van der Waals surface area (Å²) in [6.07, 6.45) is 6.26. The lowest BCUT2D eigenvalue weighted by Crippen LogP contribution is -2.30. The van der Waals surface area contributed by atoms with Crippen LogP contribution < -0.4 is 10.6 Å². The summed E-state index contributed by atoms with van der Waals surface area (Å²) >= 11 is 0. The number of rotatable bonds is 2. The summed E-state index contributed by atoms with van der Waals surface area (Å²) in [5.41, 5.74) is 9.45. The summed E-state index contributed by atoms with van der Waals surface area (Å²) in [4.78, 5) is 6.80. The Morgan fingerprint density at radius 3 is 2.40 bits per heavy atom. The molecule has 3 N–H and O–H groups in total. The highest BCUT2D eigenvalue weighted by Gasteiger charge is 2.18. The van der Waals surface area contributed by atoms with Crippen LogP contribution in [0.25, 0.3) is 0 Å². The minimum absolute atomic E-state index is 0.145. The number of nitrogens with zero attached hydrogens (tertiary/aromatic N) is 3. The maximum Gasteiger partial charge on any atom is 0.174 e. The van der Waals surface area contributed by atoms with Crippen LogP contribution >= 0.6 is 0 Å². The van der Waals surface area contributed by atoms with Crippen molar-refractivity contribution in [3.05, 3.63) is 23.0 Å². The number of oxime groups is 1. The van der Waals surface area contributed by atoms with Crippen LogP contribution in [-0.2, 0) is 0 Å². The van der Waals surface area contributed by atoms with Gasteiger partial charge in [0.15, 0.2) is 5.84 Å². The molecule has 0 unspecified atom stereocenters. The first-order chi connectivity index (χ1) is 9.63. The van der Waals surface area contributed by atoms with Crippen LogP contribution in [0.5, 0.6) is 0 Å². The van der Waals surface area contributed by atoms with E-state index in [0.29, 0.717) is 0 Å². The Balaban J connectivity index is 2.42. The van der Waals surface area contributed by atoms with E-state index in [-0.39, 0.29) is 5.84 Å². The zero-order valence-electron chi connectivity index (χ0n) is 12.4. The molecule has 1 aliphatic heterocycles. The van der Waals surface area contributed by atoms with Crippen molar-refractivity contribution in [3.8, 4) is 0 Å². The Morgan fingerprint density at radius 2 is 1.80 bits per heavy atom. The number of aryl methyl sites for hydroxylation is 2. The maximum atomic E-state index is 9.02. The molecule has 0 amide bonds. The molecule has 1 aromatic rings. The fraction of sp³-hybridized carbons (Fsp3) is 0.600. The zero-order chi connectivity index (χ0) is 14.5. The number of anilines is 1. The smallest absolute Gasteiger partial charge is 0.174 e. The molecule has 0 spiro atoms. The monoisotopic (exact) mass is 276 g/mol. The highest BCUT2D eigenvalue weighted by atomic mass is 16.4. The second kappa shape index (κ2) is 6.59. The van der Waals surface area contributed by atoms with Crippen LogP contribution in [0.4, 0.5) is 5.69 Å². The summed E-state index contributed by atoms with van der Waals surface area (Å²) < 4.78 is 0. The summed E-state index contributed by atoms with van der Waals surface area (Å²) in [5, 5.41) is 12.2. The lowest BCUT2D eigenvalue weighted by molar-refractivity contribution is 0.318. The molecule has 110 valence electrons. The van der Waals surface area contributed by atoms with E-state index in [1.165, 1.54) is 32.1 Å². The highest BCUT2D eigenvalue weighted by Crippen LogP contribution is 2.26. The fourth-order valence-corrected chi connectivity index (χ4v) is 2.91. The normalized spacial score (nSPS) is 17.7. The Labute approximate surface area is 120 Å². The molecule has 1 saturated heterocycles. The number of hydrogen-bond donors (Lipinski definition) is 2. The molecule has 1 aliphatic rings. The van der Waals surface area contributed by atoms with Gasteiger partial charge in [0.25, 0.3) is 0 Å². The van der Waals surface area contributed by atoms with Crippen molar-refractivity contribution in [1.29, 1.82) is 0 Å². The summed E-state index contributed by atoms with van der Waals surface area (Å²) in [5.74, 6) is 0.145. The van der Waals surface area contributed by atoms with Crippen LogP contribution in [0.1, 0.15) is 49.1 Å². The molecule has 0 aromatic carbocycles. The molecular weight excluding hydrogens is 252 g/mol. The quantitative estimate of drug-likeness (QED) is 0.377. The number of amidine groups is 1. The van der Waals surface area contributed by atoms with E-state index >= 15 is 0 Å². The van der Waals surface area contributed by atoms with E-state index < -0.39 is 0 Å². The van der Waals surface area contributed by atoms with E-state index in [1.54, 1.807) is 0 Å². The average molecular weight is 276 g/mol. The van der Waals surface area contributed by atoms with Crippen LogP contribution in [0.15, 0.2) is 11.2 Å². The largest absolute Gasteiger partial charge is 0.409 e. The minimum atomic E-state index is 0.145. The second-order valence-corrected chi connectivity index (χ2v) is 5.48. The molecule has 0 atom stereocenters.